The molecule has 0 aromatic heterocycles. The predicted octanol–water partition coefficient (Wildman–Crippen LogP) is 3.80. The van der Waals surface area contributed by atoms with Crippen molar-refractivity contribution >= 4 is 23.8 Å². The molecule has 1 fully saturated rings. The van der Waals surface area contributed by atoms with Crippen LogP contribution in [0.15, 0.2) is 39.6 Å². The van der Waals surface area contributed by atoms with E-state index in [1.165, 1.54) is 5.57 Å². The van der Waals surface area contributed by atoms with E-state index < -0.39 is 0 Å². The Morgan fingerprint density at radius 3 is 2.65 bits per heavy atom. The summed E-state index contributed by atoms with van der Waals surface area (Å²) in [4.78, 5) is 14.8. The summed E-state index contributed by atoms with van der Waals surface area (Å²) in [6.07, 6.45) is 11.1. The highest BCUT2D eigenvalue weighted by Crippen LogP contribution is 2.27. The summed E-state index contributed by atoms with van der Waals surface area (Å²) in [6.45, 7) is 6.67. The number of allylic oxidation sites excluding steroid dienone is 5. The molecule has 5 nitrogen and oxygen atoms in total. The lowest BCUT2D eigenvalue weighted by Crippen LogP contribution is -2.37. The lowest BCUT2D eigenvalue weighted by molar-refractivity contribution is -0.119. The summed E-state index contributed by atoms with van der Waals surface area (Å²) in [5.41, 5.74) is 2.25. The molecule has 0 saturated carbocycles. The normalized spacial score (nSPS) is 19.3. The van der Waals surface area contributed by atoms with Crippen molar-refractivity contribution in [3.05, 3.63) is 34.5 Å². The number of nitrogens with zero attached hydrogens (tertiary/aromatic N) is 4. The molecule has 0 bridgehead atoms. The fourth-order valence-electron chi connectivity index (χ4n) is 3.13. The number of rotatable bonds is 6. The molecule has 1 amide bonds. The first-order valence-electron chi connectivity index (χ1n) is 9.39. The third-order valence-electron chi connectivity index (χ3n) is 5.08. The molecule has 1 aliphatic heterocycles. The Hall–Kier alpha value is -1.75. The second kappa shape index (κ2) is 9.81. The summed E-state index contributed by atoms with van der Waals surface area (Å²) in [6, 6.07) is 0. The maximum atomic E-state index is 10.9. The van der Waals surface area contributed by atoms with Crippen molar-refractivity contribution in [2.45, 2.75) is 39.5 Å². The van der Waals surface area contributed by atoms with Crippen LogP contribution in [0, 0.1) is 5.92 Å². The first-order valence-corrected chi connectivity index (χ1v) is 9.77. The maximum absolute atomic E-state index is 10.9. The Morgan fingerprint density at radius 2 is 2.08 bits per heavy atom. The third kappa shape index (κ3) is 5.63. The maximum Gasteiger partial charge on any atom is 0.209 e. The molecule has 1 saturated heterocycles. The van der Waals surface area contributed by atoms with E-state index in [0.717, 1.165) is 68.3 Å². The van der Waals surface area contributed by atoms with Gasteiger partial charge in [0.2, 0.25) is 6.41 Å². The number of amides is 1. The summed E-state index contributed by atoms with van der Waals surface area (Å²) < 4.78 is 0. The standard InChI is InChI=1S/C20H31ClN4O/c1-5-18-13-19(7-6-8-20(18)21)25(22-16(2)23(3)4)14-17-9-11-24(15-26)12-10-17/h6-7,13,15,17H,5,8-12,14H2,1-4H3/b22-16-. The molecular weight excluding hydrogens is 348 g/mol. The minimum Gasteiger partial charge on any atom is -0.365 e. The van der Waals surface area contributed by atoms with Crippen LogP contribution in [0.1, 0.15) is 39.5 Å². The van der Waals surface area contributed by atoms with Crippen molar-refractivity contribution in [1.29, 1.82) is 0 Å². The number of amidine groups is 1. The monoisotopic (exact) mass is 378 g/mol. The number of piperidine rings is 1. The Labute approximate surface area is 162 Å². The van der Waals surface area contributed by atoms with E-state index in [1.807, 2.05) is 30.8 Å². The number of hydrogen-bond acceptors (Lipinski definition) is 3. The van der Waals surface area contributed by atoms with Crippen LogP contribution in [0.3, 0.4) is 0 Å². The van der Waals surface area contributed by atoms with Gasteiger partial charge in [-0.15, -0.1) is 0 Å². The molecule has 0 aromatic rings. The van der Waals surface area contributed by atoms with Gasteiger partial charge in [0, 0.05) is 45.2 Å². The highest BCUT2D eigenvalue weighted by atomic mass is 35.5. The van der Waals surface area contributed by atoms with Crippen LogP contribution in [-0.2, 0) is 4.79 Å². The van der Waals surface area contributed by atoms with Crippen LogP contribution in [0.2, 0.25) is 0 Å². The SMILES string of the molecule is CCC1=C(Cl)CC=CC(N(CC2CCN(C=O)CC2)/N=C(/C)N(C)C)=C1. The van der Waals surface area contributed by atoms with E-state index >= 15 is 0 Å². The van der Waals surface area contributed by atoms with Gasteiger partial charge in [-0.1, -0.05) is 24.6 Å². The number of halogens is 1. The third-order valence-corrected chi connectivity index (χ3v) is 5.47. The first-order chi connectivity index (χ1) is 12.4. The quantitative estimate of drug-likeness (QED) is 0.305. The Kier molecular flexibility index (Phi) is 7.76. The zero-order valence-corrected chi connectivity index (χ0v) is 17.2. The zero-order chi connectivity index (χ0) is 19.1. The number of carbonyl (C=O) groups excluding carboxylic acids is 1. The Bertz CT molecular complexity index is 613. The van der Waals surface area contributed by atoms with Gasteiger partial charge in [0.25, 0.3) is 0 Å². The molecule has 1 aliphatic carbocycles. The Balaban J connectivity index is 2.24. The molecule has 0 atom stereocenters. The molecule has 0 unspecified atom stereocenters. The van der Waals surface area contributed by atoms with E-state index in [9.17, 15) is 4.79 Å². The molecule has 0 aromatic carbocycles. The van der Waals surface area contributed by atoms with Gasteiger partial charge in [0.15, 0.2) is 0 Å². The highest BCUT2D eigenvalue weighted by Gasteiger charge is 2.22. The first kappa shape index (κ1) is 20.6. The lowest BCUT2D eigenvalue weighted by atomic mass is 9.96. The number of carbonyl (C=O) groups is 1. The van der Waals surface area contributed by atoms with E-state index in [1.54, 1.807) is 0 Å². The van der Waals surface area contributed by atoms with Crippen molar-refractivity contribution < 1.29 is 4.79 Å². The van der Waals surface area contributed by atoms with Gasteiger partial charge >= 0.3 is 0 Å². The summed E-state index contributed by atoms with van der Waals surface area (Å²) >= 11 is 6.42. The van der Waals surface area contributed by atoms with Gasteiger partial charge in [-0.2, -0.15) is 5.10 Å². The predicted molar refractivity (Wildman–Crippen MR) is 109 cm³/mol. The number of likely N-dealkylation sites (tertiary alicyclic amines) is 1. The van der Waals surface area contributed by atoms with Crippen molar-refractivity contribution in [1.82, 2.24) is 14.8 Å². The van der Waals surface area contributed by atoms with Gasteiger partial charge in [-0.25, -0.2) is 0 Å². The minimum atomic E-state index is 0.520. The van der Waals surface area contributed by atoms with Crippen LogP contribution in [-0.4, -0.2) is 60.8 Å². The van der Waals surface area contributed by atoms with Crippen LogP contribution in [0.5, 0.6) is 0 Å². The highest BCUT2D eigenvalue weighted by molar-refractivity contribution is 6.30. The molecule has 0 spiro atoms. The molecule has 26 heavy (non-hydrogen) atoms. The second-order valence-electron chi connectivity index (χ2n) is 7.17. The van der Waals surface area contributed by atoms with Crippen LogP contribution in [0.25, 0.3) is 0 Å². The molecule has 144 valence electrons. The molecule has 2 aliphatic rings. The van der Waals surface area contributed by atoms with Crippen molar-refractivity contribution in [3.63, 3.8) is 0 Å². The van der Waals surface area contributed by atoms with E-state index in [-0.39, 0.29) is 0 Å². The lowest BCUT2D eigenvalue weighted by Gasteiger charge is -2.33. The summed E-state index contributed by atoms with van der Waals surface area (Å²) in [5.74, 6) is 1.48. The smallest absolute Gasteiger partial charge is 0.209 e. The molecule has 1 heterocycles. The summed E-state index contributed by atoms with van der Waals surface area (Å²) in [7, 11) is 4.01. The largest absolute Gasteiger partial charge is 0.365 e. The van der Waals surface area contributed by atoms with Crippen molar-refractivity contribution in [3.8, 4) is 0 Å². The molecule has 6 heteroatoms. The molecule has 0 N–H and O–H groups in total. The van der Waals surface area contributed by atoms with E-state index in [4.69, 9.17) is 16.7 Å². The topological polar surface area (TPSA) is 39.1 Å². The van der Waals surface area contributed by atoms with Crippen molar-refractivity contribution in [2.24, 2.45) is 11.0 Å². The average molecular weight is 379 g/mol. The molecule has 0 radical (unpaired) electrons. The van der Waals surface area contributed by atoms with Crippen LogP contribution >= 0.6 is 11.6 Å². The Morgan fingerprint density at radius 1 is 1.38 bits per heavy atom. The molecular formula is C20H31ClN4O. The van der Waals surface area contributed by atoms with E-state index in [0.29, 0.717) is 5.92 Å². The average Bonchev–Trinajstić information content (AvgIpc) is 2.82. The van der Waals surface area contributed by atoms with Gasteiger partial charge in [-0.05, 0) is 49.8 Å². The summed E-state index contributed by atoms with van der Waals surface area (Å²) in [5, 5.41) is 7.89. The van der Waals surface area contributed by atoms with Gasteiger partial charge < -0.3 is 9.80 Å². The zero-order valence-electron chi connectivity index (χ0n) is 16.4. The van der Waals surface area contributed by atoms with E-state index in [2.05, 4.69) is 30.2 Å². The molecule has 2 rings (SSSR count). The fourth-order valence-corrected chi connectivity index (χ4v) is 3.40. The fraction of sp³-hybridized carbons (Fsp3) is 0.600. The van der Waals surface area contributed by atoms with Crippen LogP contribution in [0.4, 0.5) is 0 Å². The number of hydrogen-bond donors (Lipinski definition) is 0. The van der Waals surface area contributed by atoms with Crippen LogP contribution < -0.4 is 0 Å². The minimum absolute atomic E-state index is 0.520. The van der Waals surface area contributed by atoms with Gasteiger partial charge in [0.05, 0.1) is 5.70 Å². The van der Waals surface area contributed by atoms with Gasteiger partial charge in [0.1, 0.15) is 5.84 Å². The van der Waals surface area contributed by atoms with Crippen molar-refractivity contribution in [2.75, 3.05) is 33.7 Å². The van der Waals surface area contributed by atoms with Gasteiger partial charge in [-0.3, -0.25) is 9.80 Å². The second-order valence-corrected chi connectivity index (χ2v) is 7.62. The number of hydrazone groups is 1.